The Morgan fingerprint density at radius 1 is 1.09 bits per heavy atom. The van der Waals surface area contributed by atoms with Gasteiger partial charge in [-0.2, -0.15) is 0 Å². The van der Waals surface area contributed by atoms with Gasteiger partial charge >= 0.3 is 7.48 Å². The zero-order valence-corrected chi connectivity index (χ0v) is 14.4. The van der Waals surface area contributed by atoms with Gasteiger partial charge < -0.3 is 14.2 Å². The van der Waals surface area contributed by atoms with Gasteiger partial charge in [0.2, 0.25) is 0 Å². The molecule has 3 nitrogen and oxygen atoms in total. The van der Waals surface area contributed by atoms with E-state index in [1.807, 2.05) is 50.2 Å². The molecule has 1 N–H and O–H groups in total. The Morgan fingerprint density at radius 3 is 2.48 bits per heavy atom. The van der Waals surface area contributed by atoms with Gasteiger partial charge in [0.05, 0.1) is 16.2 Å². The number of rotatable bonds is 4. The first-order valence-corrected chi connectivity index (χ1v) is 7.92. The molecule has 3 rings (SSSR count). The molecule has 23 heavy (non-hydrogen) atoms. The lowest BCUT2D eigenvalue weighted by atomic mass is 9.80. The summed E-state index contributed by atoms with van der Waals surface area (Å²) in [5, 5.41) is 12.7. The van der Waals surface area contributed by atoms with E-state index < -0.39 is 11.2 Å². The minimum Gasteiger partial charge on any atom is -0.455 e. The van der Waals surface area contributed by atoms with Crippen LogP contribution in [0.25, 0.3) is 21.9 Å². The SMILES string of the molecule is CC(C)(O)C(C)(C)O[B]c1cccc2oc3c(Cl)cccc3c12. The van der Waals surface area contributed by atoms with E-state index in [-0.39, 0.29) is 0 Å². The third kappa shape index (κ3) is 2.87. The Balaban J connectivity index is 2.05. The Morgan fingerprint density at radius 2 is 1.78 bits per heavy atom. The van der Waals surface area contributed by atoms with Crippen molar-refractivity contribution in [1.29, 1.82) is 0 Å². The molecule has 0 aliphatic rings. The van der Waals surface area contributed by atoms with Crippen molar-refractivity contribution in [2.45, 2.75) is 38.9 Å². The van der Waals surface area contributed by atoms with Gasteiger partial charge in [0.15, 0.2) is 5.58 Å². The smallest absolute Gasteiger partial charge is 0.331 e. The maximum atomic E-state index is 10.2. The lowest BCUT2D eigenvalue weighted by Crippen LogP contribution is -2.49. The number of benzene rings is 2. The molecule has 0 amide bonds. The van der Waals surface area contributed by atoms with Crippen molar-refractivity contribution in [3.8, 4) is 0 Å². The van der Waals surface area contributed by atoms with Crippen LogP contribution in [0.1, 0.15) is 27.7 Å². The van der Waals surface area contributed by atoms with E-state index in [1.165, 1.54) is 0 Å². The van der Waals surface area contributed by atoms with Crippen LogP contribution >= 0.6 is 11.6 Å². The lowest BCUT2D eigenvalue weighted by Gasteiger charge is -2.37. The summed E-state index contributed by atoms with van der Waals surface area (Å²) in [4.78, 5) is 0. The summed E-state index contributed by atoms with van der Waals surface area (Å²) in [7, 11) is 1.68. The van der Waals surface area contributed by atoms with Crippen LogP contribution in [0.3, 0.4) is 0 Å². The van der Waals surface area contributed by atoms with E-state index in [1.54, 1.807) is 21.3 Å². The summed E-state index contributed by atoms with van der Waals surface area (Å²) >= 11 is 6.22. The predicted octanol–water partition coefficient (Wildman–Crippen LogP) is 4.05. The standard InChI is InChI=1S/C18H19BClO3/c1-17(2,21)18(3,4)23-19-12-8-6-10-14-15(12)11-7-5-9-13(20)16(11)22-14/h5-10,21H,1-4H3. The van der Waals surface area contributed by atoms with Crippen molar-refractivity contribution < 1.29 is 14.2 Å². The van der Waals surface area contributed by atoms with E-state index in [9.17, 15) is 5.11 Å². The quantitative estimate of drug-likeness (QED) is 0.734. The normalized spacial score (nSPS) is 13.0. The number of hydrogen-bond acceptors (Lipinski definition) is 3. The van der Waals surface area contributed by atoms with Crippen molar-refractivity contribution in [3.05, 3.63) is 41.4 Å². The van der Waals surface area contributed by atoms with Crippen molar-refractivity contribution in [3.63, 3.8) is 0 Å². The molecule has 0 atom stereocenters. The lowest BCUT2D eigenvalue weighted by molar-refractivity contribution is -0.0893. The minimum atomic E-state index is -0.973. The third-order valence-electron chi connectivity index (χ3n) is 4.46. The summed E-state index contributed by atoms with van der Waals surface area (Å²) < 4.78 is 11.8. The van der Waals surface area contributed by atoms with Gasteiger partial charge in [-0.15, -0.1) is 0 Å². The average Bonchev–Trinajstić information content (AvgIpc) is 2.85. The fourth-order valence-corrected chi connectivity index (χ4v) is 2.51. The summed E-state index contributed by atoms with van der Waals surface area (Å²) in [5.41, 5.74) is 0.616. The van der Waals surface area contributed by atoms with E-state index in [4.69, 9.17) is 20.7 Å². The number of halogens is 1. The molecule has 119 valence electrons. The maximum absolute atomic E-state index is 10.2. The van der Waals surface area contributed by atoms with Gasteiger partial charge in [0.1, 0.15) is 5.58 Å². The van der Waals surface area contributed by atoms with Gasteiger partial charge in [-0.05, 0) is 45.3 Å². The fraction of sp³-hybridized carbons (Fsp3) is 0.333. The van der Waals surface area contributed by atoms with Crippen molar-refractivity contribution in [1.82, 2.24) is 0 Å². The molecule has 0 spiro atoms. The summed E-state index contributed by atoms with van der Waals surface area (Å²) in [5.74, 6) is 0. The molecule has 0 aliphatic carbocycles. The van der Waals surface area contributed by atoms with Crippen LogP contribution in [0.5, 0.6) is 0 Å². The second kappa shape index (κ2) is 5.55. The van der Waals surface area contributed by atoms with Gasteiger partial charge in [-0.3, -0.25) is 0 Å². The summed E-state index contributed by atoms with van der Waals surface area (Å²) in [6, 6.07) is 11.5. The average molecular weight is 330 g/mol. The Kier molecular flexibility index (Phi) is 3.95. The van der Waals surface area contributed by atoms with Crippen LogP contribution in [0.4, 0.5) is 0 Å². The molecule has 1 aromatic heterocycles. The van der Waals surface area contributed by atoms with Crippen LogP contribution in [-0.2, 0) is 4.65 Å². The molecule has 1 heterocycles. The van der Waals surface area contributed by atoms with E-state index >= 15 is 0 Å². The van der Waals surface area contributed by atoms with Gasteiger partial charge in [0, 0.05) is 10.8 Å². The highest BCUT2D eigenvalue weighted by Gasteiger charge is 2.36. The van der Waals surface area contributed by atoms with Crippen LogP contribution in [0.2, 0.25) is 5.02 Å². The molecule has 3 aromatic rings. The Bertz CT molecular complexity index is 862. The number of furan rings is 1. The largest absolute Gasteiger partial charge is 0.455 e. The molecule has 5 heteroatoms. The second-order valence-electron chi connectivity index (χ2n) is 6.74. The molecule has 0 bridgehead atoms. The topological polar surface area (TPSA) is 42.6 Å². The fourth-order valence-electron chi connectivity index (χ4n) is 2.29. The van der Waals surface area contributed by atoms with Crippen LogP contribution < -0.4 is 5.46 Å². The second-order valence-corrected chi connectivity index (χ2v) is 7.15. The van der Waals surface area contributed by atoms with Crippen LogP contribution in [-0.4, -0.2) is 23.8 Å². The number of para-hydroxylation sites is 1. The Labute approximate surface area is 141 Å². The molecule has 0 saturated heterocycles. The maximum Gasteiger partial charge on any atom is 0.331 e. The highest BCUT2D eigenvalue weighted by molar-refractivity contribution is 6.53. The van der Waals surface area contributed by atoms with Crippen molar-refractivity contribution >= 4 is 46.5 Å². The minimum absolute atomic E-state index is 0.586. The van der Waals surface area contributed by atoms with Crippen LogP contribution in [0, 0.1) is 0 Å². The monoisotopic (exact) mass is 329 g/mol. The molecule has 0 aliphatic heterocycles. The zero-order valence-electron chi connectivity index (χ0n) is 13.7. The van der Waals surface area contributed by atoms with E-state index in [2.05, 4.69) is 0 Å². The summed E-state index contributed by atoms with van der Waals surface area (Å²) in [6.45, 7) is 7.17. The molecule has 2 aromatic carbocycles. The first-order chi connectivity index (χ1) is 10.7. The first kappa shape index (κ1) is 16.4. The van der Waals surface area contributed by atoms with E-state index in [0.29, 0.717) is 10.6 Å². The first-order valence-electron chi connectivity index (χ1n) is 7.54. The molecule has 0 unspecified atom stereocenters. The third-order valence-corrected chi connectivity index (χ3v) is 4.76. The molecular weight excluding hydrogens is 310 g/mol. The highest BCUT2D eigenvalue weighted by Crippen LogP contribution is 2.32. The highest BCUT2D eigenvalue weighted by atomic mass is 35.5. The molecule has 0 fully saturated rings. The number of aliphatic hydroxyl groups is 1. The van der Waals surface area contributed by atoms with Gasteiger partial charge in [0.25, 0.3) is 0 Å². The molecule has 0 saturated carbocycles. The summed E-state index contributed by atoms with van der Waals surface area (Å²) in [6.07, 6.45) is 0. The number of hydrogen-bond donors (Lipinski definition) is 1. The van der Waals surface area contributed by atoms with Gasteiger partial charge in [-0.25, -0.2) is 0 Å². The van der Waals surface area contributed by atoms with E-state index in [0.717, 1.165) is 21.8 Å². The Hall–Kier alpha value is -1.49. The van der Waals surface area contributed by atoms with Gasteiger partial charge in [-0.1, -0.05) is 35.9 Å². The van der Waals surface area contributed by atoms with Crippen molar-refractivity contribution in [2.75, 3.05) is 0 Å². The zero-order chi connectivity index (χ0) is 16.8. The van der Waals surface area contributed by atoms with Crippen LogP contribution in [0.15, 0.2) is 40.8 Å². The molecular formula is C18H19BClO3. The predicted molar refractivity (Wildman–Crippen MR) is 95.6 cm³/mol. The number of fused-ring (bicyclic) bond motifs is 3. The molecule has 1 radical (unpaired) electrons. The van der Waals surface area contributed by atoms with Crippen molar-refractivity contribution in [2.24, 2.45) is 0 Å².